The molecule has 0 bridgehead atoms. The number of unbranched alkanes of at least 4 members (excludes halogenated alkanes) is 2. The van der Waals surface area contributed by atoms with E-state index in [1.807, 2.05) is 13.8 Å². The van der Waals surface area contributed by atoms with Gasteiger partial charge in [0, 0.05) is 18.7 Å². The summed E-state index contributed by atoms with van der Waals surface area (Å²) in [5.74, 6) is -0.478. The van der Waals surface area contributed by atoms with Gasteiger partial charge >= 0.3 is 5.97 Å². The SMILES string of the molecule is CCCCCOC(=O)CC1C(=O)NCCN1C(=O)c1cccc(OC(C)CC)c1. The van der Waals surface area contributed by atoms with Crippen LogP contribution >= 0.6 is 0 Å². The number of hydrogen-bond acceptors (Lipinski definition) is 5. The summed E-state index contributed by atoms with van der Waals surface area (Å²) in [5.41, 5.74) is 0.432. The smallest absolute Gasteiger partial charge is 0.308 e. The molecular formula is C22H32N2O5. The molecule has 0 aromatic heterocycles. The van der Waals surface area contributed by atoms with Crippen LogP contribution in [0.1, 0.15) is 63.2 Å². The first kappa shape index (κ1) is 22.7. The van der Waals surface area contributed by atoms with Crippen molar-refractivity contribution in [3.8, 4) is 5.75 Å². The van der Waals surface area contributed by atoms with E-state index in [4.69, 9.17) is 9.47 Å². The summed E-state index contributed by atoms with van der Waals surface area (Å²) in [6.45, 7) is 7.10. The Bertz CT molecular complexity index is 706. The molecule has 0 aliphatic carbocycles. The van der Waals surface area contributed by atoms with Gasteiger partial charge in [-0.3, -0.25) is 14.4 Å². The predicted octanol–water partition coefficient (Wildman–Crippen LogP) is 2.93. The van der Waals surface area contributed by atoms with E-state index >= 15 is 0 Å². The van der Waals surface area contributed by atoms with Crippen LogP contribution in [0.25, 0.3) is 0 Å². The third-order valence-electron chi connectivity index (χ3n) is 4.96. The van der Waals surface area contributed by atoms with Crippen LogP contribution in [0.5, 0.6) is 5.75 Å². The van der Waals surface area contributed by atoms with E-state index in [1.165, 1.54) is 4.90 Å². The molecule has 0 saturated carbocycles. The van der Waals surface area contributed by atoms with Crippen molar-refractivity contribution in [2.45, 2.75) is 65.0 Å². The van der Waals surface area contributed by atoms with Gasteiger partial charge in [0.25, 0.3) is 5.91 Å². The minimum Gasteiger partial charge on any atom is -0.491 e. The van der Waals surface area contributed by atoms with Crippen LogP contribution in [0.3, 0.4) is 0 Å². The van der Waals surface area contributed by atoms with Crippen molar-refractivity contribution in [1.82, 2.24) is 10.2 Å². The average molecular weight is 405 g/mol. The zero-order valence-corrected chi connectivity index (χ0v) is 17.6. The average Bonchev–Trinajstić information content (AvgIpc) is 2.72. The number of nitrogens with one attached hydrogen (secondary N) is 1. The Morgan fingerprint density at radius 2 is 2.07 bits per heavy atom. The number of carbonyl (C=O) groups excluding carboxylic acids is 3. The minimum atomic E-state index is -0.867. The quantitative estimate of drug-likeness (QED) is 0.479. The molecule has 1 aliphatic rings. The topological polar surface area (TPSA) is 84.9 Å². The lowest BCUT2D eigenvalue weighted by atomic mass is 10.1. The van der Waals surface area contributed by atoms with E-state index in [9.17, 15) is 14.4 Å². The second-order valence-corrected chi connectivity index (χ2v) is 7.30. The molecule has 160 valence electrons. The van der Waals surface area contributed by atoms with Crippen LogP contribution in [-0.2, 0) is 14.3 Å². The molecule has 2 atom stereocenters. The molecule has 7 heteroatoms. The summed E-state index contributed by atoms with van der Waals surface area (Å²) in [7, 11) is 0. The van der Waals surface area contributed by atoms with Crippen molar-refractivity contribution in [3.05, 3.63) is 29.8 Å². The van der Waals surface area contributed by atoms with Gasteiger partial charge in [0.2, 0.25) is 5.91 Å². The predicted molar refractivity (Wildman–Crippen MR) is 110 cm³/mol. The van der Waals surface area contributed by atoms with E-state index in [-0.39, 0.29) is 24.3 Å². The molecule has 0 radical (unpaired) electrons. The van der Waals surface area contributed by atoms with Gasteiger partial charge in [0.1, 0.15) is 11.8 Å². The number of carbonyl (C=O) groups is 3. The van der Waals surface area contributed by atoms with E-state index < -0.39 is 12.0 Å². The lowest BCUT2D eigenvalue weighted by Crippen LogP contribution is -2.57. The molecule has 0 spiro atoms. The van der Waals surface area contributed by atoms with Crippen molar-refractivity contribution < 1.29 is 23.9 Å². The van der Waals surface area contributed by atoms with Crippen molar-refractivity contribution in [1.29, 1.82) is 0 Å². The Morgan fingerprint density at radius 1 is 1.28 bits per heavy atom. The number of hydrogen-bond donors (Lipinski definition) is 1. The number of piperazine rings is 1. The van der Waals surface area contributed by atoms with Gasteiger partial charge in [0.15, 0.2) is 0 Å². The highest BCUT2D eigenvalue weighted by Crippen LogP contribution is 2.20. The monoisotopic (exact) mass is 404 g/mol. The van der Waals surface area contributed by atoms with Crippen molar-refractivity contribution in [2.24, 2.45) is 0 Å². The first-order valence-electron chi connectivity index (χ1n) is 10.5. The maximum atomic E-state index is 13.1. The molecule has 2 amide bonds. The fourth-order valence-electron chi connectivity index (χ4n) is 3.10. The molecule has 2 unspecified atom stereocenters. The zero-order chi connectivity index (χ0) is 21.2. The van der Waals surface area contributed by atoms with Gasteiger partial charge in [-0.2, -0.15) is 0 Å². The fraction of sp³-hybridized carbons (Fsp3) is 0.591. The van der Waals surface area contributed by atoms with E-state index in [0.717, 1.165) is 25.7 Å². The first-order chi connectivity index (χ1) is 14.0. The molecule has 29 heavy (non-hydrogen) atoms. The van der Waals surface area contributed by atoms with Crippen molar-refractivity contribution in [2.75, 3.05) is 19.7 Å². The molecule has 1 saturated heterocycles. The maximum absolute atomic E-state index is 13.1. The molecule has 1 aliphatic heterocycles. The van der Waals surface area contributed by atoms with Crippen LogP contribution < -0.4 is 10.1 Å². The Hall–Kier alpha value is -2.57. The number of ether oxygens (including phenoxy) is 2. The summed E-state index contributed by atoms with van der Waals surface area (Å²) >= 11 is 0. The Morgan fingerprint density at radius 3 is 2.79 bits per heavy atom. The summed E-state index contributed by atoms with van der Waals surface area (Å²) in [6.07, 6.45) is 3.56. The molecule has 1 N–H and O–H groups in total. The second kappa shape index (κ2) is 11.4. The molecule has 1 heterocycles. The summed E-state index contributed by atoms with van der Waals surface area (Å²) in [4.78, 5) is 39.1. The highest BCUT2D eigenvalue weighted by atomic mass is 16.5. The molecule has 1 aromatic rings. The Balaban J connectivity index is 2.07. The van der Waals surface area contributed by atoms with Crippen molar-refractivity contribution >= 4 is 17.8 Å². The largest absolute Gasteiger partial charge is 0.491 e. The number of esters is 1. The molecule has 1 fully saturated rings. The van der Waals surface area contributed by atoms with Crippen LogP contribution in [0.15, 0.2) is 24.3 Å². The zero-order valence-electron chi connectivity index (χ0n) is 17.6. The number of rotatable bonds is 10. The maximum Gasteiger partial charge on any atom is 0.308 e. The number of amides is 2. The number of nitrogens with zero attached hydrogens (tertiary/aromatic N) is 1. The van der Waals surface area contributed by atoms with Gasteiger partial charge < -0.3 is 19.7 Å². The molecule has 7 nitrogen and oxygen atoms in total. The van der Waals surface area contributed by atoms with Crippen LogP contribution in [-0.4, -0.2) is 54.5 Å². The number of benzene rings is 1. The molecule has 1 aromatic carbocycles. The Kier molecular flexibility index (Phi) is 8.96. The van der Waals surface area contributed by atoms with Crippen molar-refractivity contribution in [3.63, 3.8) is 0 Å². The van der Waals surface area contributed by atoms with E-state index in [0.29, 0.717) is 31.0 Å². The minimum absolute atomic E-state index is 0.0383. The van der Waals surface area contributed by atoms with Gasteiger partial charge in [-0.1, -0.05) is 32.8 Å². The summed E-state index contributed by atoms with van der Waals surface area (Å²) in [5, 5.41) is 2.73. The third kappa shape index (κ3) is 6.76. The summed E-state index contributed by atoms with van der Waals surface area (Å²) < 4.78 is 11.0. The fourth-order valence-corrected chi connectivity index (χ4v) is 3.10. The van der Waals surface area contributed by atoms with Crippen LogP contribution in [0.4, 0.5) is 0 Å². The van der Waals surface area contributed by atoms with Gasteiger partial charge in [-0.05, 0) is 38.0 Å². The van der Waals surface area contributed by atoms with E-state index in [2.05, 4.69) is 12.2 Å². The van der Waals surface area contributed by atoms with Gasteiger partial charge in [-0.15, -0.1) is 0 Å². The lowest BCUT2D eigenvalue weighted by Gasteiger charge is -2.34. The highest BCUT2D eigenvalue weighted by molar-refractivity contribution is 5.99. The second-order valence-electron chi connectivity index (χ2n) is 7.30. The summed E-state index contributed by atoms with van der Waals surface area (Å²) in [6, 6.07) is 6.07. The lowest BCUT2D eigenvalue weighted by molar-refractivity contribution is -0.147. The Labute approximate surface area is 172 Å². The highest BCUT2D eigenvalue weighted by Gasteiger charge is 2.35. The van der Waals surface area contributed by atoms with Gasteiger partial charge in [0.05, 0.1) is 19.1 Å². The van der Waals surface area contributed by atoms with Crippen LogP contribution in [0.2, 0.25) is 0 Å². The van der Waals surface area contributed by atoms with Gasteiger partial charge in [-0.25, -0.2) is 0 Å². The van der Waals surface area contributed by atoms with Crippen LogP contribution in [0, 0.1) is 0 Å². The normalized spacial score (nSPS) is 17.4. The molecule has 2 rings (SSSR count). The van der Waals surface area contributed by atoms with E-state index in [1.54, 1.807) is 24.3 Å². The standard InChI is InChI=1S/C22H32N2O5/c1-4-6-7-13-28-20(25)15-19-21(26)23-11-12-24(19)22(27)17-9-8-10-18(14-17)29-16(3)5-2/h8-10,14,16,19H,4-7,11-13,15H2,1-3H3,(H,23,26). The molecular weight excluding hydrogens is 372 g/mol. The first-order valence-corrected chi connectivity index (χ1v) is 10.5. The third-order valence-corrected chi connectivity index (χ3v) is 4.96.